The van der Waals surface area contributed by atoms with Gasteiger partial charge in [0.05, 0.1) is 0 Å². The number of hydrogen-bond acceptors (Lipinski definition) is 0. The predicted molar refractivity (Wildman–Crippen MR) is 221 cm³/mol. The summed E-state index contributed by atoms with van der Waals surface area (Å²) >= 11 is 0. The Morgan fingerprint density at radius 1 is 0.512 bits per heavy atom. The van der Waals surface area contributed by atoms with Crippen molar-refractivity contribution in [1.82, 2.24) is 0 Å². The van der Waals surface area contributed by atoms with Gasteiger partial charge in [0.2, 0.25) is 0 Å². The predicted octanol–water partition coefficient (Wildman–Crippen LogP) is 18.7. The largest absolute Gasteiger partial charge is 0.120 e. The second-order valence-electron chi connectivity index (χ2n) is 5.89. The summed E-state index contributed by atoms with van der Waals surface area (Å²) in [6.07, 6.45) is 14.2. The van der Waals surface area contributed by atoms with Crippen LogP contribution in [0.5, 0.6) is 0 Å². The fourth-order valence-corrected chi connectivity index (χ4v) is 1.84. The van der Waals surface area contributed by atoms with Gasteiger partial charge >= 0.3 is 0 Å². The van der Waals surface area contributed by atoms with Gasteiger partial charge in [-0.1, -0.05) is 235 Å². The highest BCUT2D eigenvalue weighted by atomic mass is 14.3. The maximum absolute atomic E-state index is 4.60. The third-order valence-electron chi connectivity index (χ3n) is 4.06. The third kappa shape index (κ3) is 204. The third-order valence-corrected chi connectivity index (χ3v) is 4.06. The second kappa shape index (κ2) is 214. The second-order valence-corrected chi connectivity index (χ2v) is 5.89. The molecule has 0 radical (unpaired) electrons. The standard InChI is InChI=1S/C9H18.2C4H10.C3H4.8C2H6.5CH4/c1-4-7(2)9-6-5-8(9)3;2*1-3-4-2;1-3-2;8*1-2;;;;;/h7-9H,4-6H2,1-3H3;2*3-4H2,1-2H3;1H,2H3;8*1-2H3;5*1H4. The lowest BCUT2D eigenvalue weighted by molar-refractivity contribution is 0.126. The molecule has 0 spiro atoms. The van der Waals surface area contributed by atoms with Crippen molar-refractivity contribution in [1.29, 1.82) is 0 Å². The van der Waals surface area contributed by atoms with E-state index in [1.165, 1.54) is 44.9 Å². The molecule has 1 saturated carbocycles. The minimum Gasteiger partial charge on any atom is -0.120 e. The quantitative estimate of drug-likeness (QED) is 0.281. The Morgan fingerprint density at radius 2 is 0.683 bits per heavy atom. The van der Waals surface area contributed by atoms with Gasteiger partial charge in [-0.25, -0.2) is 0 Å². The Labute approximate surface area is 277 Å². The van der Waals surface area contributed by atoms with Crippen molar-refractivity contribution in [3.63, 3.8) is 0 Å². The van der Waals surface area contributed by atoms with E-state index in [0.717, 1.165) is 17.8 Å². The summed E-state index contributed by atoms with van der Waals surface area (Å²) < 4.78 is 0. The summed E-state index contributed by atoms with van der Waals surface area (Å²) in [6, 6.07) is 0. The number of terminal acetylenes is 1. The molecule has 0 aromatic rings. The SMILES string of the molecule is C.C.C.C.C.C#CC.CC.CC.CC.CC.CC.CC.CC.CC.CCC(C)C1CCC1C.CCCC.CCCC. The van der Waals surface area contributed by atoms with Crippen LogP contribution in [0.25, 0.3) is 0 Å². The lowest BCUT2D eigenvalue weighted by Gasteiger charge is -2.38. The van der Waals surface area contributed by atoms with E-state index in [4.69, 9.17) is 0 Å². The van der Waals surface area contributed by atoms with Crippen molar-refractivity contribution in [3.8, 4) is 12.3 Å². The first-order chi connectivity index (χ1) is 17.5. The Kier molecular flexibility index (Phi) is 551. The van der Waals surface area contributed by atoms with E-state index in [0.29, 0.717) is 0 Å². The summed E-state index contributed by atoms with van der Waals surface area (Å²) in [5.41, 5.74) is 0. The zero-order valence-corrected chi connectivity index (χ0v) is 31.8. The Balaban J connectivity index is -0.0000000125. The van der Waals surface area contributed by atoms with Gasteiger partial charge in [0.1, 0.15) is 0 Å². The van der Waals surface area contributed by atoms with E-state index < -0.39 is 0 Å². The average Bonchev–Trinajstić information content (AvgIpc) is 3.01. The number of hydrogen-bond donors (Lipinski definition) is 0. The van der Waals surface area contributed by atoms with Gasteiger partial charge in [0, 0.05) is 0 Å². The molecule has 0 N–H and O–H groups in total. The minimum absolute atomic E-state index is 0. The normalized spacial score (nSPS) is 11.1. The highest BCUT2D eigenvalue weighted by molar-refractivity contribution is 4.80. The van der Waals surface area contributed by atoms with Gasteiger partial charge in [-0.15, -0.1) is 12.3 Å². The van der Waals surface area contributed by atoms with Gasteiger partial charge in [-0.2, -0.15) is 0 Å². The maximum Gasteiger partial charge on any atom is -0.00297 e. The van der Waals surface area contributed by atoms with Crippen LogP contribution >= 0.6 is 0 Å². The number of unbranched alkanes of at least 4 members (excludes halogenated alkanes) is 2. The zero-order valence-electron chi connectivity index (χ0n) is 31.8. The summed E-state index contributed by atoms with van der Waals surface area (Å²) in [6.45, 7) is 49.5. The number of rotatable bonds is 4. The molecule has 1 aliphatic rings. The first kappa shape index (κ1) is 105. The molecule has 0 heterocycles. The first-order valence-electron chi connectivity index (χ1n) is 16.9. The Hall–Kier alpha value is -0.440. The highest BCUT2D eigenvalue weighted by Crippen LogP contribution is 2.40. The Bertz CT molecular complexity index is 179. The van der Waals surface area contributed by atoms with Gasteiger partial charge in [-0.05, 0) is 31.1 Å². The van der Waals surface area contributed by atoms with Crippen molar-refractivity contribution in [2.24, 2.45) is 17.8 Å². The molecule has 0 amide bonds. The molecule has 0 saturated heterocycles. The van der Waals surface area contributed by atoms with Crippen molar-refractivity contribution in [3.05, 3.63) is 0 Å². The molecule has 3 unspecified atom stereocenters. The maximum atomic E-state index is 4.60. The molecule has 1 aliphatic carbocycles. The fraction of sp³-hybridized carbons (Fsp3) is 0.951. The lowest BCUT2D eigenvalue weighted by atomic mass is 9.68. The summed E-state index contributed by atoms with van der Waals surface area (Å²) in [5.74, 6) is 5.32. The summed E-state index contributed by atoms with van der Waals surface area (Å²) in [4.78, 5) is 0. The molecule has 1 rings (SSSR count). The molecule has 0 heteroatoms. The van der Waals surface area contributed by atoms with Gasteiger partial charge in [-0.3, -0.25) is 0 Å². The van der Waals surface area contributed by atoms with Crippen molar-refractivity contribution < 1.29 is 0 Å². The van der Waals surface area contributed by atoms with Crippen molar-refractivity contribution >= 4 is 0 Å². The van der Waals surface area contributed by atoms with E-state index >= 15 is 0 Å². The zero-order chi connectivity index (χ0) is 32.4. The monoisotopic (exact) mass is 603 g/mol. The van der Waals surface area contributed by atoms with E-state index in [1.807, 2.05) is 111 Å². The molecule has 0 aromatic heterocycles. The molecule has 0 nitrogen and oxygen atoms in total. The minimum atomic E-state index is 0. The van der Waals surface area contributed by atoms with Crippen molar-refractivity contribution in [2.45, 2.75) is 248 Å². The molecule has 41 heavy (non-hydrogen) atoms. The summed E-state index contributed by atoms with van der Waals surface area (Å²) in [7, 11) is 0. The molecule has 0 aliphatic heterocycles. The van der Waals surface area contributed by atoms with Crippen LogP contribution in [0, 0.1) is 30.1 Å². The van der Waals surface area contributed by atoms with Crippen LogP contribution < -0.4 is 0 Å². The molecule has 3 atom stereocenters. The lowest BCUT2D eigenvalue weighted by Crippen LogP contribution is -2.28. The smallest absolute Gasteiger partial charge is 0.00297 e. The molecule has 0 bridgehead atoms. The molecule has 0 aromatic carbocycles. The van der Waals surface area contributed by atoms with Crippen LogP contribution in [0.2, 0.25) is 0 Å². The van der Waals surface area contributed by atoms with Crippen LogP contribution in [0.15, 0.2) is 0 Å². The van der Waals surface area contributed by atoms with Crippen LogP contribution in [0.4, 0.5) is 0 Å². The van der Waals surface area contributed by atoms with E-state index in [9.17, 15) is 0 Å². The first-order valence-corrected chi connectivity index (χ1v) is 16.9. The molecule has 274 valence electrons. The van der Waals surface area contributed by atoms with Crippen LogP contribution in [0.1, 0.15) is 248 Å². The Morgan fingerprint density at radius 3 is 0.707 bits per heavy atom. The van der Waals surface area contributed by atoms with Crippen LogP contribution in [-0.4, -0.2) is 0 Å². The van der Waals surface area contributed by atoms with Gasteiger partial charge in [0.25, 0.3) is 0 Å². The molecular weight excluding hydrogens is 492 g/mol. The highest BCUT2D eigenvalue weighted by Gasteiger charge is 2.29. The van der Waals surface area contributed by atoms with E-state index in [1.54, 1.807) is 6.92 Å². The fourth-order valence-electron chi connectivity index (χ4n) is 1.84. The van der Waals surface area contributed by atoms with Crippen molar-refractivity contribution in [2.75, 3.05) is 0 Å². The molecule has 1 fully saturated rings. The average molecular weight is 603 g/mol. The van der Waals surface area contributed by atoms with Gasteiger partial charge < -0.3 is 0 Å². The van der Waals surface area contributed by atoms with Crippen LogP contribution in [-0.2, 0) is 0 Å². The van der Waals surface area contributed by atoms with E-state index in [2.05, 4.69) is 60.8 Å². The van der Waals surface area contributed by atoms with E-state index in [-0.39, 0.29) is 37.1 Å². The van der Waals surface area contributed by atoms with Gasteiger partial charge in [0.15, 0.2) is 0 Å². The van der Waals surface area contributed by atoms with Crippen LogP contribution in [0.3, 0.4) is 0 Å². The summed E-state index contributed by atoms with van der Waals surface area (Å²) in [5, 5.41) is 0. The topological polar surface area (TPSA) is 0 Å². The molecular formula is C41H110.